The molecule has 19 heavy (non-hydrogen) atoms. The molecule has 2 heterocycles. The molecule has 2 fully saturated rings. The Hall–Kier alpha value is -1.03. The van der Waals surface area contributed by atoms with E-state index in [9.17, 15) is 0 Å². The zero-order valence-corrected chi connectivity index (χ0v) is 11.9. The second kappa shape index (κ2) is 5.95. The van der Waals surface area contributed by atoms with Gasteiger partial charge in [-0.2, -0.15) is 0 Å². The summed E-state index contributed by atoms with van der Waals surface area (Å²) in [5.74, 6) is 1.06. The Morgan fingerprint density at radius 3 is 2.79 bits per heavy atom. The van der Waals surface area contributed by atoms with Crippen LogP contribution in [0.2, 0.25) is 0 Å². The monoisotopic (exact) mass is 263 g/mol. The molecule has 1 N–H and O–H groups in total. The molecule has 1 unspecified atom stereocenters. The molecular weight excluding hydrogens is 238 g/mol. The summed E-state index contributed by atoms with van der Waals surface area (Å²) in [6.45, 7) is 3.81. The lowest BCUT2D eigenvalue weighted by Crippen LogP contribution is -2.31. The van der Waals surface area contributed by atoms with Crippen molar-refractivity contribution in [1.82, 2.24) is 9.55 Å². The number of imidazole rings is 1. The molecule has 0 aromatic carbocycles. The van der Waals surface area contributed by atoms with E-state index in [2.05, 4.69) is 28.0 Å². The van der Waals surface area contributed by atoms with E-state index in [1.165, 1.54) is 38.5 Å². The number of rotatable bonds is 3. The van der Waals surface area contributed by atoms with Gasteiger partial charge in [-0.15, -0.1) is 0 Å². The minimum Gasteiger partial charge on any atom is -0.379 e. The van der Waals surface area contributed by atoms with Crippen LogP contribution in [0, 0.1) is 6.92 Å². The molecular formula is C15H25N3O. The predicted octanol–water partition coefficient (Wildman–Crippen LogP) is 3.29. The van der Waals surface area contributed by atoms with Crippen molar-refractivity contribution in [3.8, 4) is 0 Å². The molecule has 1 aliphatic heterocycles. The Morgan fingerprint density at radius 2 is 2.05 bits per heavy atom. The fraction of sp³-hybridized carbons (Fsp3) is 0.800. The maximum Gasteiger partial charge on any atom is 0.203 e. The maximum absolute atomic E-state index is 5.55. The summed E-state index contributed by atoms with van der Waals surface area (Å²) in [6, 6.07) is 1.07. The van der Waals surface area contributed by atoms with Gasteiger partial charge in [0.15, 0.2) is 0 Å². The van der Waals surface area contributed by atoms with Gasteiger partial charge in [-0.3, -0.25) is 0 Å². The van der Waals surface area contributed by atoms with Crippen LogP contribution in [0.5, 0.6) is 0 Å². The van der Waals surface area contributed by atoms with E-state index in [1.54, 1.807) is 0 Å². The van der Waals surface area contributed by atoms with Crippen molar-refractivity contribution in [1.29, 1.82) is 0 Å². The molecule has 1 aliphatic carbocycles. The van der Waals surface area contributed by atoms with Crippen molar-refractivity contribution in [2.75, 3.05) is 18.5 Å². The summed E-state index contributed by atoms with van der Waals surface area (Å²) < 4.78 is 7.92. The van der Waals surface area contributed by atoms with Crippen LogP contribution in [0.3, 0.4) is 0 Å². The van der Waals surface area contributed by atoms with Crippen LogP contribution < -0.4 is 5.32 Å². The van der Waals surface area contributed by atoms with Crippen molar-refractivity contribution in [2.24, 2.45) is 0 Å². The summed E-state index contributed by atoms with van der Waals surface area (Å²) in [5, 5.41) is 3.59. The molecule has 106 valence electrons. The third kappa shape index (κ3) is 3.11. The molecule has 0 radical (unpaired) electrons. The lowest BCUT2D eigenvalue weighted by molar-refractivity contribution is 0.0872. The molecule has 1 saturated heterocycles. The van der Waals surface area contributed by atoms with E-state index in [0.717, 1.165) is 31.3 Å². The van der Waals surface area contributed by atoms with Crippen LogP contribution >= 0.6 is 0 Å². The zero-order valence-electron chi connectivity index (χ0n) is 11.9. The van der Waals surface area contributed by atoms with Crippen molar-refractivity contribution >= 4 is 5.95 Å². The van der Waals surface area contributed by atoms with Gasteiger partial charge < -0.3 is 14.6 Å². The van der Waals surface area contributed by atoms with Crippen LogP contribution in [-0.4, -0.2) is 28.8 Å². The van der Waals surface area contributed by atoms with Gasteiger partial charge >= 0.3 is 0 Å². The Labute approximate surface area is 115 Å². The Morgan fingerprint density at radius 1 is 1.21 bits per heavy atom. The second-order valence-electron chi connectivity index (χ2n) is 5.96. The number of aryl methyl sites for hydroxylation is 1. The molecule has 1 saturated carbocycles. The van der Waals surface area contributed by atoms with Gasteiger partial charge in [0, 0.05) is 18.8 Å². The fourth-order valence-electron chi connectivity index (χ4n) is 3.30. The summed E-state index contributed by atoms with van der Waals surface area (Å²) in [4.78, 5) is 4.68. The predicted molar refractivity (Wildman–Crippen MR) is 76.5 cm³/mol. The zero-order chi connectivity index (χ0) is 13.1. The molecule has 1 aromatic rings. The average molecular weight is 263 g/mol. The van der Waals surface area contributed by atoms with E-state index < -0.39 is 0 Å². The van der Waals surface area contributed by atoms with Crippen molar-refractivity contribution in [3.63, 3.8) is 0 Å². The van der Waals surface area contributed by atoms with E-state index in [4.69, 9.17) is 4.74 Å². The Kier molecular flexibility index (Phi) is 4.06. The smallest absolute Gasteiger partial charge is 0.203 e. The quantitative estimate of drug-likeness (QED) is 0.909. The number of nitrogens with one attached hydrogen (secondary N) is 1. The second-order valence-corrected chi connectivity index (χ2v) is 5.96. The number of aromatic nitrogens is 2. The highest BCUT2D eigenvalue weighted by Crippen LogP contribution is 2.31. The first-order valence-corrected chi connectivity index (χ1v) is 7.72. The van der Waals surface area contributed by atoms with Gasteiger partial charge in [0.05, 0.1) is 18.3 Å². The minimum atomic E-state index is 0.429. The number of nitrogens with zero attached hydrogens (tertiary/aromatic N) is 2. The van der Waals surface area contributed by atoms with E-state index in [-0.39, 0.29) is 0 Å². The molecule has 0 spiro atoms. The van der Waals surface area contributed by atoms with Gasteiger partial charge in [-0.1, -0.05) is 19.3 Å². The van der Waals surface area contributed by atoms with Crippen LogP contribution in [0.4, 0.5) is 5.95 Å². The Balaban J connectivity index is 1.72. The van der Waals surface area contributed by atoms with Gasteiger partial charge in [-0.25, -0.2) is 4.98 Å². The van der Waals surface area contributed by atoms with Crippen LogP contribution in [0.15, 0.2) is 6.20 Å². The molecule has 0 amide bonds. The van der Waals surface area contributed by atoms with E-state index in [1.807, 2.05) is 0 Å². The molecule has 4 nitrogen and oxygen atoms in total. The number of ether oxygens (including phenoxy) is 1. The van der Waals surface area contributed by atoms with Gasteiger partial charge in [0.2, 0.25) is 5.95 Å². The molecule has 1 aromatic heterocycles. The Bertz CT molecular complexity index is 404. The van der Waals surface area contributed by atoms with Crippen molar-refractivity contribution in [3.05, 3.63) is 11.9 Å². The third-order valence-electron chi connectivity index (χ3n) is 4.31. The summed E-state index contributed by atoms with van der Waals surface area (Å²) in [6.07, 6.45) is 11.3. The topological polar surface area (TPSA) is 39.1 Å². The number of hydrogen-bond donors (Lipinski definition) is 1. The number of anilines is 1. The number of hydrogen-bond acceptors (Lipinski definition) is 3. The maximum atomic E-state index is 5.55. The third-order valence-corrected chi connectivity index (χ3v) is 4.31. The van der Waals surface area contributed by atoms with Crippen molar-refractivity contribution < 1.29 is 4.74 Å². The van der Waals surface area contributed by atoms with Crippen LogP contribution in [0.25, 0.3) is 0 Å². The van der Waals surface area contributed by atoms with Crippen molar-refractivity contribution in [2.45, 2.75) is 64.0 Å². The fourth-order valence-corrected chi connectivity index (χ4v) is 3.30. The first-order valence-electron chi connectivity index (χ1n) is 7.72. The molecule has 4 heteroatoms. The highest BCUT2D eigenvalue weighted by Gasteiger charge is 2.21. The largest absolute Gasteiger partial charge is 0.379 e. The van der Waals surface area contributed by atoms with Gasteiger partial charge in [-0.05, 0) is 32.6 Å². The first kappa shape index (κ1) is 13.0. The molecule has 2 aliphatic rings. The minimum absolute atomic E-state index is 0.429. The lowest BCUT2D eigenvalue weighted by atomic mass is 9.95. The molecule has 3 rings (SSSR count). The lowest BCUT2D eigenvalue weighted by Gasteiger charge is -2.28. The van der Waals surface area contributed by atoms with E-state index >= 15 is 0 Å². The van der Waals surface area contributed by atoms with Gasteiger partial charge in [0.25, 0.3) is 0 Å². The average Bonchev–Trinajstić information content (AvgIpc) is 2.82. The first-order chi connectivity index (χ1) is 9.33. The van der Waals surface area contributed by atoms with Crippen LogP contribution in [-0.2, 0) is 4.74 Å². The summed E-state index contributed by atoms with van der Waals surface area (Å²) in [5.41, 5.74) is 1.12. The summed E-state index contributed by atoms with van der Waals surface area (Å²) in [7, 11) is 0. The normalized spacial score (nSPS) is 25.4. The standard InChI is InChI=1S/C15H25N3O/c1-12-10-18(14-7-3-2-4-8-14)15(16-12)17-13-6-5-9-19-11-13/h10,13-14H,2-9,11H2,1H3,(H,16,17). The van der Waals surface area contributed by atoms with E-state index in [0.29, 0.717) is 12.1 Å². The van der Waals surface area contributed by atoms with Crippen LogP contribution in [0.1, 0.15) is 56.7 Å². The van der Waals surface area contributed by atoms with Gasteiger partial charge in [0.1, 0.15) is 0 Å². The highest BCUT2D eigenvalue weighted by atomic mass is 16.5. The summed E-state index contributed by atoms with van der Waals surface area (Å²) >= 11 is 0. The molecule has 0 bridgehead atoms. The SMILES string of the molecule is Cc1cn(C2CCCCC2)c(NC2CCCOC2)n1. The molecule has 1 atom stereocenters. The highest BCUT2D eigenvalue weighted by molar-refractivity contribution is 5.31.